The van der Waals surface area contributed by atoms with Gasteiger partial charge in [-0.2, -0.15) is 0 Å². The quantitative estimate of drug-likeness (QED) is 0.607. The third kappa shape index (κ3) is 8.02. The Bertz CT molecular complexity index is 384. The summed E-state index contributed by atoms with van der Waals surface area (Å²) in [5.41, 5.74) is 1.08. The van der Waals surface area contributed by atoms with E-state index in [1.165, 1.54) is 0 Å². The summed E-state index contributed by atoms with van der Waals surface area (Å²) < 4.78 is 15.8. The highest BCUT2D eigenvalue weighted by atomic mass is 16.5. The highest BCUT2D eigenvalue weighted by Gasteiger charge is 2.08. The minimum Gasteiger partial charge on any atom is -0.490 e. The van der Waals surface area contributed by atoms with E-state index < -0.39 is 6.10 Å². The van der Waals surface area contributed by atoms with Gasteiger partial charge >= 0.3 is 0 Å². The molecule has 1 atom stereocenters. The SMILES string of the molecule is COCCOCC(O)COc1ccccc1CNC(C)C. The number of para-hydroxylation sites is 1. The maximum Gasteiger partial charge on any atom is 0.123 e. The minimum absolute atomic E-state index is 0.214. The third-order valence-electron chi connectivity index (χ3n) is 2.85. The standard InChI is InChI=1S/C16H27NO4/c1-13(2)17-10-14-6-4-5-7-16(14)21-12-15(18)11-20-9-8-19-3/h4-7,13,15,17-18H,8-12H2,1-3H3. The molecule has 0 amide bonds. The molecule has 5 nitrogen and oxygen atoms in total. The molecule has 21 heavy (non-hydrogen) atoms. The molecule has 5 heteroatoms. The highest BCUT2D eigenvalue weighted by Crippen LogP contribution is 2.18. The van der Waals surface area contributed by atoms with Gasteiger partial charge in [0, 0.05) is 25.3 Å². The molecule has 0 heterocycles. The van der Waals surface area contributed by atoms with Crippen molar-refractivity contribution in [3.63, 3.8) is 0 Å². The van der Waals surface area contributed by atoms with Crippen molar-refractivity contribution in [3.8, 4) is 5.75 Å². The van der Waals surface area contributed by atoms with Crippen molar-refractivity contribution >= 4 is 0 Å². The molecule has 0 radical (unpaired) electrons. The zero-order chi connectivity index (χ0) is 15.5. The first kappa shape index (κ1) is 17.9. The predicted molar refractivity (Wildman–Crippen MR) is 82.6 cm³/mol. The van der Waals surface area contributed by atoms with E-state index in [-0.39, 0.29) is 13.2 Å². The summed E-state index contributed by atoms with van der Waals surface area (Å²) in [6.45, 7) is 6.41. The minimum atomic E-state index is -0.645. The molecule has 0 aliphatic heterocycles. The topological polar surface area (TPSA) is 60.0 Å². The van der Waals surface area contributed by atoms with Crippen LogP contribution in [0.2, 0.25) is 0 Å². The lowest BCUT2D eigenvalue weighted by Gasteiger charge is -2.16. The van der Waals surface area contributed by atoms with Gasteiger partial charge in [-0.1, -0.05) is 32.0 Å². The Morgan fingerprint density at radius 3 is 2.62 bits per heavy atom. The van der Waals surface area contributed by atoms with E-state index in [0.717, 1.165) is 17.9 Å². The summed E-state index contributed by atoms with van der Waals surface area (Å²) in [5, 5.41) is 13.2. The van der Waals surface area contributed by atoms with E-state index in [9.17, 15) is 5.11 Å². The van der Waals surface area contributed by atoms with Crippen molar-refractivity contribution in [2.24, 2.45) is 0 Å². The van der Waals surface area contributed by atoms with E-state index in [1.54, 1.807) is 7.11 Å². The molecule has 1 rings (SSSR count). The predicted octanol–water partition coefficient (Wildman–Crippen LogP) is 1.59. The molecule has 1 aromatic carbocycles. The van der Waals surface area contributed by atoms with Gasteiger partial charge in [-0.25, -0.2) is 0 Å². The number of benzene rings is 1. The summed E-state index contributed by atoms with van der Waals surface area (Å²) in [7, 11) is 1.62. The number of ether oxygens (including phenoxy) is 3. The van der Waals surface area contributed by atoms with Gasteiger partial charge < -0.3 is 24.6 Å². The second-order valence-corrected chi connectivity index (χ2v) is 5.18. The zero-order valence-corrected chi connectivity index (χ0v) is 13.2. The smallest absolute Gasteiger partial charge is 0.123 e. The van der Waals surface area contributed by atoms with Crippen LogP contribution >= 0.6 is 0 Å². The summed E-state index contributed by atoms with van der Waals surface area (Å²) in [5.74, 6) is 0.793. The summed E-state index contributed by atoms with van der Waals surface area (Å²) in [6, 6.07) is 8.25. The number of aliphatic hydroxyl groups excluding tert-OH is 1. The van der Waals surface area contributed by atoms with Gasteiger partial charge in [-0.05, 0) is 6.07 Å². The summed E-state index contributed by atoms with van der Waals surface area (Å²) >= 11 is 0. The Kier molecular flexibility index (Phi) is 9.01. The van der Waals surface area contributed by atoms with E-state index in [2.05, 4.69) is 19.2 Å². The monoisotopic (exact) mass is 297 g/mol. The lowest BCUT2D eigenvalue weighted by Crippen LogP contribution is -2.25. The molecule has 0 aliphatic rings. The van der Waals surface area contributed by atoms with Crippen LogP contribution in [0.3, 0.4) is 0 Å². The molecule has 0 aromatic heterocycles. The van der Waals surface area contributed by atoms with Gasteiger partial charge in [0.25, 0.3) is 0 Å². The number of hydrogen-bond donors (Lipinski definition) is 2. The fraction of sp³-hybridized carbons (Fsp3) is 0.625. The maximum absolute atomic E-state index is 9.81. The fourth-order valence-corrected chi connectivity index (χ4v) is 1.70. The largest absolute Gasteiger partial charge is 0.490 e. The van der Waals surface area contributed by atoms with Crippen LogP contribution in [0.25, 0.3) is 0 Å². The summed E-state index contributed by atoms with van der Waals surface area (Å²) in [6.07, 6.45) is -0.645. The van der Waals surface area contributed by atoms with Crippen LogP contribution in [0.4, 0.5) is 0 Å². The van der Waals surface area contributed by atoms with Crippen molar-refractivity contribution in [1.82, 2.24) is 5.32 Å². The number of rotatable bonds is 11. The average Bonchev–Trinajstić information content (AvgIpc) is 2.48. The molecule has 1 unspecified atom stereocenters. The highest BCUT2D eigenvalue weighted by molar-refractivity contribution is 5.33. The van der Waals surface area contributed by atoms with Crippen LogP contribution in [0.5, 0.6) is 5.75 Å². The number of nitrogens with one attached hydrogen (secondary N) is 1. The van der Waals surface area contributed by atoms with Crippen LogP contribution in [0.1, 0.15) is 19.4 Å². The molecular formula is C16H27NO4. The van der Waals surface area contributed by atoms with E-state index in [0.29, 0.717) is 19.3 Å². The van der Waals surface area contributed by atoms with Crippen LogP contribution in [-0.2, 0) is 16.0 Å². The normalized spacial score (nSPS) is 12.6. The molecule has 0 aliphatic carbocycles. The lowest BCUT2D eigenvalue weighted by atomic mass is 10.2. The maximum atomic E-state index is 9.81. The number of aliphatic hydroxyl groups is 1. The Hall–Kier alpha value is -1.14. The first-order chi connectivity index (χ1) is 10.1. The van der Waals surface area contributed by atoms with Crippen molar-refractivity contribution in [3.05, 3.63) is 29.8 Å². The van der Waals surface area contributed by atoms with Crippen molar-refractivity contribution in [2.45, 2.75) is 32.5 Å². The molecule has 0 saturated heterocycles. The first-order valence-corrected chi connectivity index (χ1v) is 7.32. The first-order valence-electron chi connectivity index (χ1n) is 7.32. The third-order valence-corrected chi connectivity index (χ3v) is 2.85. The Morgan fingerprint density at radius 2 is 1.90 bits per heavy atom. The zero-order valence-electron chi connectivity index (χ0n) is 13.2. The van der Waals surface area contributed by atoms with Crippen LogP contribution in [-0.4, -0.2) is 50.8 Å². The Labute approximate surface area is 127 Å². The van der Waals surface area contributed by atoms with Crippen LogP contribution in [0.15, 0.2) is 24.3 Å². The Balaban J connectivity index is 2.36. The van der Waals surface area contributed by atoms with Crippen molar-refractivity contribution in [2.75, 3.05) is 33.5 Å². The second-order valence-electron chi connectivity index (χ2n) is 5.18. The van der Waals surface area contributed by atoms with E-state index in [4.69, 9.17) is 14.2 Å². The van der Waals surface area contributed by atoms with Crippen molar-refractivity contribution < 1.29 is 19.3 Å². The van der Waals surface area contributed by atoms with E-state index >= 15 is 0 Å². The lowest BCUT2D eigenvalue weighted by molar-refractivity contribution is -0.00433. The van der Waals surface area contributed by atoms with Crippen LogP contribution < -0.4 is 10.1 Å². The van der Waals surface area contributed by atoms with Gasteiger partial charge in [0.1, 0.15) is 18.5 Å². The van der Waals surface area contributed by atoms with Gasteiger partial charge in [0.2, 0.25) is 0 Å². The molecular weight excluding hydrogens is 270 g/mol. The van der Waals surface area contributed by atoms with Gasteiger partial charge in [0.15, 0.2) is 0 Å². The molecule has 120 valence electrons. The Morgan fingerprint density at radius 1 is 1.14 bits per heavy atom. The van der Waals surface area contributed by atoms with Crippen LogP contribution in [0, 0.1) is 0 Å². The second kappa shape index (κ2) is 10.6. The summed E-state index contributed by atoms with van der Waals surface area (Å²) in [4.78, 5) is 0. The molecule has 2 N–H and O–H groups in total. The molecule has 0 fully saturated rings. The number of hydrogen-bond acceptors (Lipinski definition) is 5. The molecule has 0 saturated carbocycles. The average molecular weight is 297 g/mol. The molecule has 0 bridgehead atoms. The van der Waals surface area contributed by atoms with Gasteiger partial charge in [-0.15, -0.1) is 0 Å². The van der Waals surface area contributed by atoms with E-state index in [1.807, 2.05) is 24.3 Å². The number of methoxy groups -OCH3 is 1. The van der Waals surface area contributed by atoms with Gasteiger partial charge in [0.05, 0.1) is 19.8 Å². The molecule has 1 aromatic rings. The van der Waals surface area contributed by atoms with Gasteiger partial charge in [-0.3, -0.25) is 0 Å². The fourth-order valence-electron chi connectivity index (χ4n) is 1.70. The van der Waals surface area contributed by atoms with Crippen molar-refractivity contribution in [1.29, 1.82) is 0 Å². The molecule has 0 spiro atoms.